The molecule has 1 rings (SSSR count). The molecule has 0 aliphatic carbocycles. The van der Waals surface area contributed by atoms with E-state index in [0.29, 0.717) is 0 Å². The van der Waals surface area contributed by atoms with E-state index in [2.05, 4.69) is 22.3 Å². The molecule has 1 heterocycles. The second kappa shape index (κ2) is 5.85. The number of hydrogen-bond donors (Lipinski definition) is 2. The van der Waals surface area contributed by atoms with Gasteiger partial charge in [0, 0.05) is 19.3 Å². The predicted molar refractivity (Wildman–Crippen MR) is 61.1 cm³/mol. The Morgan fingerprint density at radius 2 is 2.33 bits per heavy atom. The largest absolute Gasteiger partial charge is 0.307 e. The summed E-state index contributed by atoms with van der Waals surface area (Å²) in [5.41, 5.74) is 3.98. The number of hydrogen-bond acceptors (Lipinski definition) is 4. The van der Waals surface area contributed by atoms with E-state index < -0.39 is 0 Å². The van der Waals surface area contributed by atoms with Crippen molar-refractivity contribution in [1.29, 1.82) is 0 Å². The smallest absolute Gasteiger partial charge is 0.0755 e. The van der Waals surface area contributed by atoms with Gasteiger partial charge in [-0.2, -0.15) is 5.10 Å². The lowest BCUT2D eigenvalue weighted by Gasteiger charge is -2.21. The maximum absolute atomic E-state index is 5.56. The summed E-state index contributed by atoms with van der Waals surface area (Å²) in [6, 6.07) is 2.15. The highest BCUT2D eigenvalue weighted by Crippen LogP contribution is 2.12. The molecule has 0 fully saturated rings. The Morgan fingerprint density at radius 3 is 2.87 bits per heavy atom. The van der Waals surface area contributed by atoms with Crippen LogP contribution in [-0.4, -0.2) is 35.3 Å². The van der Waals surface area contributed by atoms with Crippen LogP contribution in [0.15, 0.2) is 12.3 Å². The summed E-state index contributed by atoms with van der Waals surface area (Å²) >= 11 is 0. The third-order valence-corrected chi connectivity index (χ3v) is 2.29. The van der Waals surface area contributed by atoms with Gasteiger partial charge in [-0.05, 0) is 26.6 Å². The van der Waals surface area contributed by atoms with Crippen LogP contribution in [0.5, 0.6) is 0 Å². The molecule has 5 heteroatoms. The van der Waals surface area contributed by atoms with Crippen LogP contribution in [0, 0.1) is 0 Å². The first-order valence-corrected chi connectivity index (χ1v) is 5.31. The van der Waals surface area contributed by atoms with Crippen LogP contribution in [0.3, 0.4) is 0 Å². The summed E-state index contributed by atoms with van der Waals surface area (Å²) in [5, 5.41) is 4.28. The highest BCUT2D eigenvalue weighted by molar-refractivity contribution is 5.07. The van der Waals surface area contributed by atoms with Gasteiger partial charge < -0.3 is 4.90 Å². The number of aryl methyl sites for hydroxylation is 1. The van der Waals surface area contributed by atoms with Crippen molar-refractivity contribution in [3.63, 3.8) is 0 Å². The molecule has 0 spiro atoms. The van der Waals surface area contributed by atoms with Gasteiger partial charge in [0.2, 0.25) is 0 Å². The lowest BCUT2D eigenvalue weighted by atomic mass is 10.2. The fourth-order valence-electron chi connectivity index (χ4n) is 1.63. The van der Waals surface area contributed by atoms with Crippen LogP contribution >= 0.6 is 0 Å². The molecule has 5 nitrogen and oxygen atoms in total. The third kappa shape index (κ3) is 3.30. The van der Waals surface area contributed by atoms with Gasteiger partial charge in [0.25, 0.3) is 0 Å². The fourth-order valence-corrected chi connectivity index (χ4v) is 1.63. The summed E-state index contributed by atoms with van der Waals surface area (Å²) in [5.74, 6) is 5.56. The van der Waals surface area contributed by atoms with Crippen LogP contribution in [-0.2, 0) is 6.54 Å². The normalized spacial score (nSPS) is 13.4. The molecule has 1 aromatic heterocycles. The van der Waals surface area contributed by atoms with Gasteiger partial charge in [0.15, 0.2) is 0 Å². The topological polar surface area (TPSA) is 59.1 Å². The van der Waals surface area contributed by atoms with Crippen molar-refractivity contribution in [3.8, 4) is 0 Å². The minimum Gasteiger partial charge on any atom is -0.307 e. The first kappa shape index (κ1) is 12.2. The molecule has 0 saturated carbocycles. The van der Waals surface area contributed by atoms with Gasteiger partial charge >= 0.3 is 0 Å². The third-order valence-electron chi connectivity index (χ3n) is 2.29. The molecule has 1 unspecified atom stereocenters. The molecule has 0 radical (unpaired) electrons. The molecule has 0 aliphatic rings. The van der Waals surface area contributed by atoms with Crippen LogP contribution in [0.2, 0.25) is 0 Å². The number of rotatable bonds is 6. The monoisotopic (exact) mass is 211 g/mol. The molecule has 1 aromatic rings. The van der Waals surface area contributed by atoms with Gasteiger partial charge in [-0.15, -0.1) is 0 Å². The maximum atomic E-state index is 5.56. The Morgan fingerprint density at radius 1 is 1.60 bits per heavy atom. The van der Waals surface area contributed by atoms with Gasteiger partial charge in [0.1, 0.15) is 0 Å². The highest BCUT2D eigenvalue weighted by Gasteiger charge is 2.14. The first-order chi connectivity index (χ1) is 7.19. The molecule has 0 aliphatic heterocycles. The summed E-state index contributed by atoms with van der Waals surface area (Å²) < 4.78 is 2.01. The highest BCUT2D eigenvalue weighted by atomic mass is 15.3. The van der Waals surface area contributed by atoms with Gasteiger partial charge in [-0.25, -0.2) is 0 Å². The Kier molecular flexibility index (Phi) is 4.74. The summed E-state index contributed by atoms with van der Waals surface area (Å²) in [4.78, 5) is 2.10. The first-order valence-electron chi connectivity index (χ1n) is 5.31. The zero-order chi connectivity index (χ0) is 11.3. The van der Waals surface area contributed by atoms with E-state index in [0.717, 1.165) is 25.2 Å². The number of nitrogens with one attached hydrogen (secondary N) is 1. The molecule has 0 saturated heterocycles. The minimum atomic E-state index is 0.133. The summed E-state index contributed by atoms with van der Waals surface area (Å²) in [6.07, 6.45) is 2.90. The Bertz CT molecular complexity index is 281. The Hall–Kier alpha value is -0.910. The average Bonchev–Trinajstić information content (AvgIpc) is 2.63. The number of nitrogens with two attached hydrogens (primary N) is 1. The van der Waals surface area contributed by atoms with Crippen LogP contribution in [0.25, 0.3) is 0 Å². The van der Waals surface area contributed by atoms with Crippen molar-refractivity contribution in [2.45, 2.75) is 25.9 Å². The molecule has 1 atom stereocenters. The molecular weight excluding hydrogens is 190 g/mol. The number of likely N-dealkylation sites (N-methyl/N-ethyl adjacent to an activating group) is 1. The van der Waals surface area contributed by atoms with Gasteiger partial charge in [0.05, 0.1) is 11.7 Å². The number of nitrogens with zero attached hydrogens (tertiary/aromatic N) is 3. The fraction of sp³-hybridized carbons (Fsp3) is 0.700. The number of aromatic nitrogens is 2. The SMILES string of the molecule is CCCn1nccc1C(CN(C)C)NN. The molecule has 0 aromatic carbocycles. The second-order valence-electron chi connectivity index (χ2n) is 3.96. The summed E-state index contributed by atoms with van der Waals surface area (Å²) in [6.45, 7) is 3.95. The zero-order valence-corrected chi connectivity index (χ0v) is 9.77. The standard InChI is InChI=1S/C10H21N5/c1-4-7-15-10(5-6-12-15)9(13-11)8-14(2)3/h5-6,9,13H,4,7-8,11H2,1-3H3. The van der Waals surface area contributed by atoms with Crippen LogP contribution < -0.4 is 11.3 Å². The lowest BCUT2D eigenvalue weighted by molar-refractivity contribution is 0.331. The van der Waals surface area contributed by atoms with Crippen LogP contribution in [0.1, 0.15) is 25.1 Å². The molecule has 86 valence electrons. The molecule has 0 amide bonds. The predicted octanol–water partition coefficient (Wildman–Crippen LogP) is 0.359. The molecular formula is C10H21N5. The molecule has 15 heavy (non-hydrogen) atoms. The second-order valence-corrected chi connectivity index (χ2v) is 3.96. The Balaban J connectivity index is 2.76. The minimum absolute atomic E-state index is 0.133. The number of hydrazine groups is 1. The van der Waals surface area contributed by atoms with E-state index in [1.54, 1.807) is 0 Å². The van der Waals surface area contributed by atoms with Crippen molar-refractivity contribution >= 4 is 0 Å². The van der Waals surface area contributed by atoms with E-state index in [1.165, 1.54) is 0 Å². The van der Waals surface area contributed by atoms with E-state index in [-0.39, 0.29) is 6.04 Å². The molecule has 3 N–H and O–H groups in total. The summed E-state index contributed by atoms with van der Waals surface area (Å²) in [7, 11) is 4.07. The van der Waals surface area contributed by atoms with Crippen molar-refractivity contribution in [1.82, 2.24) is 20.1 Å². The van der Waals surface area contributed by atoms with E-state index in [1.807, 2.05) is 31.0 Å². The van der Waals surface area contributed by atoms with E-state index >= 15 is 0 Å². The quantitative estimate of drug-likeness (QED) is 0.527. The average molecular weight is 211 g/mol. The maximum Gasteiger partial charge on any atom is 0.0755 e. The van der Waals surface area contributed by atoms with Gasteiger partial charge in [-0.1, -0.05) is 6.92 Å². The van der Waals surface area contributed by atoms with Crippen molar-refractivity contribution < 1.29 is 0 Å². The van der Waals surface area contributed by atoms with Crippen molar-refractivity contribution in [2.24, 2.45) is 5.84 Å². The van der Waals surface area contributed by atoms with Gasteiger partial charge in [-0.3, -0.25) is 16.0 Å². The van der Waals surface area contributed by atoms with Crippen molar-refractivity contribution in [3.05, 3.63) is 18.0 Å². The molecule has 0 bridgehead atoms. The Labute approximate surface area is 91.2 Å². The van der Waals surface area contributed by atoms with Crippen LogP contribution in [0.4, 0.5) is 0 Å². The lowest BCUT2D eigenvalue weighted by Crippen LogP contribution is -2.36. The van der Waals surface area contributed by atoms with E-state index in [9.17, 15) is 0 Å². The van der Waals surface area contributed by atoms with Crippen molar-refractivity contribution in [2.75, 3.05) is 20.6 Å². The van der Waals surface area contributed by atoms with E-state index in [4.69, 9.17) is 5.84 Å². The zero-order valence-electron chi connectivity index (χ0n) is 9.77.